The highest BCUT2D eigenvalue weighted by atomic mass is 35.5. The molecule has 0 spiro atoms. The Morgan fingerprint density at radius 3 is 2.44 bits per heavy atom. The second-order valence-electron chi connectivity index (χ2n) is 3.95. The van der Waals surface area contributed by atoms with Gasteiger partial charge in [0.05, 0.1) is 5.56 Å². The molecule has 0 radical (unpaired) electrons. The fraction of sp³-hybridized carbons (Fsp3) is 0.500. The molecule has 18 heavy (non-hydrogen) atoms. The van der Waals surface area contributed by atoms with Crippen molar-refractivity contribution in [1.29, 1.82) is 0 Å². The summed E-state index contributed by atoms with van der Waals surface area (Å²) in [6.45, 7) is 1.96. The van der Waals surface area contributed by atoms with Gasteiger partial charge in [0.1, 0.15) is 0 Å². The number of alkyl halides is 3. The zero-order valence-electron chi connectivity index (χ0n) is 9.93. The van der Waals surface area contributed by atoms with Crippen LogP contribution in [-0.2, 0) is 6.18 Å². The lowest BCUT2D eigenvalue weighted by atomic mass is 9.96. The van der Waals surface area contributed by atoms with E-state index in [0.29, 0.717) is 6.42 Å². The molecule has 1 aromatic rings. The number of nitrogens with two attached hydrogens (primary N) is 1. The summed E-state index contributed by atoms with van der Waals surface area (Å²) >= 11 is 5.83. The number of rotatable bonds is 4. The third-order valence-electron chi connectivity index (χ3n) is 2.60. The Morgan fingerprint density at radius 1 is 1.33 bits per heavy atom. The summed E-state index contributed by atoms with van der Waals surface area (Å²) in [5.74, 6) is 0. The molecule has 1 rings (SSSR count). The molecule has 0 amide bonds. The molecule has 1 aromatic carbocycles. The van der Waals surface area contributed by atoms with Crippen LogP contribution in [0.15, 0.2) is 18.2 Å². The maximum Gasteiger partial charge on any atom is 0.416 e. The predicted molar refractivity (Wildman–Crippen MR) is 70.2 cm³/mol. The van der Waals surface area contributed by atoms with Crippen LogP contribution in [0.2, 0.25) is 5.02 Å². The highest BCUT2D eigenvalue weighted by Crippen LogP contribution is 2.38. The third-order valence-corrected chi connectivity index (χ3v) is 2.93. The van der Waals surface area contributed by atoms with E-state index in [0.717, 1.165) is 18.9 Å². The van der Waals surface area contributed by atoms with Gasteiger partial charge in [-0.05, 0) is 24.1 Å². The zero-order valence-corrected chi connectivity index (χ0v) is 11.5. The minimum absolute atomic E-state index is 0. The molecule has 0 saturated carbocycles. The smallest absolute Gasteiger partial charge is 0.324 e. The topological polar surface area (TPSA) is 26.0 Å². The molecule has 0 aromatic heterocycles. The minimum atomic E-state index is -4.41. The van der Waals surface area contributed by atoms with E-state index in [4.69, 9.17) is 17.3 Å². The molecule has 0 fully saturated rings. The summed E-state index contributed by atoms with van der Waals surface area (Å²) < 4.78 is 38.4. The summed E-state index contributed by atoms with van der Waals surface area (Å²) in [5, 5.41) is 0.0865. The quantitative estimate of drug-likeness (QED) is 0.835. The standard InChI is InChI=1S/C12H15ClF3N.ClH/c1-2-3-7-10(17)11-8(12(14,15)16)5-4-6-9(11)13;/h4-6,10H,2-3,7,17H2,1H3;1H/t10-;/m1./s1. The van der Waals surface area contributed by atoms with Crippen molar-refractivity contribution in [1.82, 2.24) is 0 Å². The van der Waals surface area contributed by atoms with Crippen molar-refractivity contribution in [3.8, 4) is 0 Å². The first kappa shape index (κ1) is 17.6. The van der Waals surface area contributed by atoms with E-state index in [1.807, 2.05) is 6.92 Å². The van der Waals surface area contributed by atoms with Crippen LogP contribution in [-0.4, -0.2) is 0 Å². The first-order valence-corrected chi connectivity index (χ1v) is 5.87. The molecular formula is C12H16Cl2F3N. The Labute approximate surface area is 116 Å². The normalized spacial score (nSPS) is 13.0. The molecule has 6 heteroatoms. The Balaban J connectivity index is 0.00000289. The van der Waals surface area contributed by atoms with Crippen molar-refractivity contribution >= 4 is 24.0 Å². The summed E-state index contributed by atoms with van der Waals surface area (Å²) in [7, 11) is 0. The van der Waals surface area contributed by atoms with E-state index in [9.17, 15) is 13.2 Å². The van der Waals surface area contributed by atoms with Gasteiger partial charge >= 0.3 is 6.18 Å². The van der Waals surface area contributed by atoms with Crippen molar-refractivity contribution in [3.63, 3.8) is 0 Å². The average molecular weight is 302 g/mol. The van der Waals surface area contributed by atoms with Gasteiger partial charge in [-0.3, -0.25) is 0 Å². The highest BCUT2D eigenvalue weighted by Gasteiger charge is 2.35. The largest absolute Gasteiger partial charge is 0.416 e. The summed E-state index contributed by atoms with van der Waals surface area (Å²) in [6, 6.07) is 3.09. The van der Waals surface area contributed by atoms with E-state index in [-0.39, 0.29) is 23.0 Å². The number of benzene rings is 1. The number of unbranched alkanes of at least 4 members (excludes halogenated alkanes) is 1. The van der Waals surface area contributed by atoms with Gasteiger partial charge in [0.15, 0.2) is 0 Å². The molecule has 104 valence electrons. The van der Waals surface area contributed by atoms with E-state index < -0.39 is 17.8 Å². The lowest BCUT2D eigenvalue weighted by Gasteiger charge is -2.19. The highest BCUT2D eigenvalue weighted by molar-refractivity contribution is 6.31. The molecule has 1 nitrogen and oxygen atoms in total. The SMILES string of the molecule is CCCC[C@@H](N)c1c(Cl)cccc1C(F)(F)F.Cl. The van der Waals surface area contributed by atoms with Crippen LogP contribution < -0.4 is 5.73 Å². The van der Waals surface area contributed by atoms with Gasteiger partial charge in [-0.25, -0.2) is 0 Å². The first-order chi connectivity index (χ1) is 7.88. The lowest BCUT2D eigenvalue weighted by Crippen LogP contribution is -2.18. The van der Waals surface area contributed by atoms with Crippen molar-refractivity contribution in [2.45, 2.75) is 38.4 Å². The van der Waals surface area contributed by atoms with Crippen LogP contribution in [0.1, 0.15) is 43.4 Å². The van der Waals surface area contributed by atoms with Crippen molar-refractivity contribution in [3.05, 3.63) is 34.3 Å². The fourth-order valence-corrected chi connectivity index (χ4v) is 2.04. The van der Waals surface area contributed by atoms with Crippen molar-refractivity contribution < 1.29 is 13.2 Å². The first-order valence-electron chi connectivity index (χ1n) is 5.49. The van der Waals surface area contributed by atoms with Gasteiger partial charge in [0.2, 0.25) is 0 Å². The van der Waals surface area contributed by atoms with E-state index in [1.54, 1.807) is 0 Å². The molecule has 0 heterocycles. The molecular weight excluding hydrogens is 286 g/mol. The van der Waals surface area contributed by atoms with Crippen LogP contribution in [0.5, 0.6) is 0 Å². The van der Waals surface area contributed by atoms with Crippen LogP contribution in [0.3, 0.4) is 0 Å². The third kappa shape index (κ3) is 4.34. The summed E-state index contributed by atoms with van der Waals surface area (Å²) in [6.07, 6.45) is -2.24. The van der Waals surface area contributed by atoms with Gasteiger partial charge in [0.25, 0.3) is 0 Å². The van der Waals surface area contributed by atoms with Crippen molar-refractivity contribution in [2.24, 2.45) is 5.73 Å². The van der Waals surface area contributed by atoms with Crippen molar-refractivity contribution in [2.75, 3.05) is 0 Å². The molecule has 0 aliphatic carbocycles. The Hall–Kier alpha value is -0.450. The van der Waals surface area contributed by atoms with Gasteiger partial charge in [-0.1, -0.05) is 37.4 Å². The van der Waals surface area contributed by atoms with Crippen LogP contribution in [0.25, 0.3) is 0 Å². The van der Waals surface area contributed by atoms with E-state index in [2.05, 4.69) is 0 Å². The molecule has 0 aliphatic rings. The Morgan fingerprint density at radius 2 is 1.94 bits per heavy atom. The second kappa shape index (κ2) is 7.22. The Bertz CT molecular complexity index is 380. The van der Waals surface area contributed by atoms with Gasteiger partial charge in [-0.15, -0.1) is 12.4 Å². The Kier molecular flexibility index (Phi) is 7.04. The fourth-order valence-electron chi connectivity index (χ4n) is 1.73. The monoisotopic (exact) mass is 301 g/mol. The summed E-state index contributed by atoms with van der Waals surface area (Å²) in [4.78, 5) is 0. The van der Waals surface area contributed by atoms with E-state index in [1.165, 1.54) is 12.1 Å². The van der Waals surface area contributed by atoms with Gasteiger partial charge in [-0.2, -0.15) is 13.2 Å². The number of hydrogen-bond acceptors (Lipinski definition) is 1. The second-order valence-corrected chi connectivity index (χ2v) is 4.35. The molecule has 0 saturated heterocycles. The maximum absolute atomic E-state index is 12.8. The molecule has 0 bridgehead atoms. The zero-order chi connectivity index (χ0) is 13.1. The minimum Gasteiger partial charge on any atom is -0.324 e. The molecule has 2 N–H and O–H groups in total. The molecule has 1 atom stereocenters. The van der Waals surface area contributed by atoms with Gasteiger partial charge in [0, 0.05) is 11.1 Å². The predicted octanol–water partition coefficient (Wildman–Crippen LogP) is 4.97. The molecule has 0 unspecified atom stereocenters. The number of halogens is 5. The van der Waals surface area contributed by atoms with E-state index >= 15 is 0 Å². The van der Waals surface area contributed by atoms with Crippen LogP contribution in [0.4, 0.5) is 13.2 Å². The van der Waals surface area contributed by atoms with Crippen LogP contribution >= 0.6 is 24.0 Å². The summed E-state index contributed by atoms with van der Waals surface area (Å²) in [5.41, 5.74) is 5.08. The van der Waals surface area contributed by atoms with Crippen LogP contribution in [0, 0.1) is 0 Å². The lowest BCUT2D eigenvalue weighted by molar-refractivity contribution is -0.138. The maximum atomic E-state index is 12.8. The average Bonchev–Trinajstić information content (AvgIpc) is 2.24. The molecule has 0 aliphatic heterocycles. The number of hydrogen-bond donors (Lipinski definition) is 1. The van der Waals surface area contributed by atoms with Gasteiger partial charge < -0.3 is 5.73 Å².